The van der Waals surface area contributed by atoms with E-state index in [1.807, 2.05) is 0 Å². The monoisotopic (exact) mass is 522 g/mol. The maximum atomic E-state index is 13.8. The van der Waals surface area contributed by atoms with E-state index in [0.717, 1.165) is 0 Å². The topological polar surface area (TPSA) is 185 Å². The molecule has 198 valence electrons. The summed E-state index contributed by atoms with van der Waals surface area (Å²) in [6.45, 7) is 0. The largest absolute Gasteiger partial charge is 0.507 e. The van der Waals surface area contributed by atoms with Crippen molar-refractivity contribution in [1.82, 2.24) is 4.90 Å². The Morgan fingerprint density at radius 1 is 1.16 bits per heavy atom. The number of amides is 1. The van der Waals surface area contributed by atoms with E-state index in [1.165, 1.54) is 25.1 Å². The normalized spacial score (nSPS) is 30.6. The van der Waals surface area contributed by atoms with E-state index in [-0.39, 0.29) is 30.6 Å². The number of fused-ring (bicyclic) bond motifs is 3. The Labute approximate surface area is 216 Å². The van der Waals surface area contributed by atoms with E-state index < -0.39 is 64.4 Å². The summed E-state index contributed by atoms with van der Waals surface area (Å²) < 4.78 is 5.75. The molecule has 1 amide bonds. The van der Waals surface area contributed by atoms with Crippen molar-refractivity contribution >= 4 is 35.3 Å². The Balaban J connectivity index is 1.64. The van der Waals surface area contributed by atoms with Crippen LogP contribution in [0.3, 0.4) is 0 Å². The van der Waals surface area contributed by atoms with Crippen molar-refractivity contribution in [2.45, 2.75) is 30.9 Å². The first kappa shape index (κ1) is 25.7. The highest BCUT2D eigenvalue weighted by atomic mass is 16.3. The quantitative estimate of drug-likeness (QED) is 0.353. The number of aldehydes is 1. The molecule has 1 heterocycles. The second kappa shape index (κ2) is 8.81. The minimum atomic E-state index is -2.77. The van der Waals surface area contributed by atoms with Gasteiger partial charge in [0.2, 0.25) is 5.91 Å². The third-order valence-corrected chi connectivity index (χ3v) is 8.16. The molecule has 0 spiro atoms. The van der Waals surface area contributed by atoms with Gasteiger partial charge in [0.1, 0.15) is 23.6 Å². The molecule has 3 aliphatic carbocycles. The molecule has 0 radical (unpaired) electrons. The van der Waals surface area contributed by atoms with E-state index in [4.69, 9.17) is 10.2 Å². The number of primary amides is 1. The maximum absolute atomic E-state index is 13.8. The van der Waals surface area contributed by atoms with Gasteiger partial charge in [-0.05, 0) is 62.7 Å². The molecule has 2 saturated carbocycles. The molecule has 3 aliphatic rings. The number of Topliss-reactive ketones (excluding diaryl/α,β-unsaturated/α-hetero) is 4. The van der Waals surface area contributed by atoms with Crippen LogP contribution >= 0.6 is 0 Å². The molecule has 11 nitrogen and oxygen atoms in total. The Hall–Kier alpha value is -3.96. The minimum Gasteiger partial charge on any atom is -0.507 e. The lowest BCUT2D eigenvalue weighted by Crippen LogP contribution is -2.74. The van der Waals surface area contributed by atoms with Crippen LogP contribution < -0.4 is 5.73 Å². The van der Waals surface area contributed by atoms with E-state index >= 15 is 0 Å². The van der Waals surface area contributed by atoms with Crippen LogP contribution in [0.5, 0.6) is 5.75 Å². The average Bonchev–Trinajstić information content (AvgIpc) is 3.29. The van der Waals surface area contributed by atoms with Gasteiger partial charge in [0.15, 0.2) is 34.7 Å². The number of phenolic OH excluding ortho intramolecular Hbond substituents is 1. The molecule has 5 rings (SSSR count). The number of phenols is 1. The number of aliphatic hydroxyl groups is 1. The zero-order valence-electron chi connectivity index (χ0n) is 20.7. The van der Waals surface area contributed by atoms with Gasteiger partial charge in [-0.15, -0.1) is 0 Å². The number of carbonyl (C=O) groups is 6. The van der Waals surface area contributed by atoms with Crippen LogP contribution in [0, 0.1) is 23.7 Å². The molecule has 38 heavy (non-hydrogen) atoms. The fourth-order valence-corrected chi connectivity index (χ4v) is 6.55. The van der Waals surface area contributed by atoms with E-state index in [0.29, 0.717) is 28.9 Å². The lowest BCUT2D eigenvalue weighted by atomic mass is 9.52. The van der Waals surface area contributed by atoms with Crippen molar-refractivity contribution in [2.24, 2.45) is 29.4 Å². The zero-order valence-corrected chi connectivity index (χ0v) is 20.7. The van der Waals surface area contributed by atoms with Crippen molar-refractivity contribution in [2.75, 3.05) is 14.1 Å². The number of aromatic hydroxyl groups is 1. The zero-order chi connectivity index (χ0) is 27.7. The number of ketones is 4. The van der Waals surface area contributed by atoms with Gasteiger partial charge in [-0.3, -0.25) is 28.9 Å². The predicted octanol–water partition coefficient (Wildman–Crippen LogP) is -0.132. The summed E-state index contributed by atoms with van der Waals surface area (Å²) in [5.74, 6) is -10.3. The summed E-state index contributed by atoms with van der Waals surface area (Å²) in [7, 11) is 3.05. The Bertz CT molecular complexity index is 1420. The third-order valence-electron chi connectivity index (χ3n) is 8.16. The summed E-state index contributed by atoms with van der Waals surface area (Å²) in [5.41, 5.74) is 3.34. The minimum absolute atomic E-state index is 0.0481. The van der Waals surface area contributed by atoms with Crippen molar-refractivity contribution < 1.29 is 43.4 Å². The maximum Gasteiger partial charge on any atom is 0.235 e. The van der Waals surface area contributed by atoms with Crippen LogP contribution in [0.15, 0.2) is 28.7 Å². The van der Waals surface area contributed by atoms with Gasteiger partial charge >= 0.3 is 0 Å². The van der Waals surface area contributed by atoms with Crippen molar-refractivity contribution in [3.63, 3.8) is 0 Å². The SMILES string of the molecule is CN(C)[C@H]1C(=O)C(C(N)=O)C(=O)[C@]2(O)C(=O)C3C(=O)c4c(O)ccc(-c5ccc(CC=O)o5)c4C[C@@H]3C[C@H]12. The molecular formula is C27H26N2O9. The smallest absolute Gasteiger partial charge is 0.235 e. The van der Waals surface area contributed by atoms with E-state index in [2.05, 4.69) is 0 Å². The highest BCUT2D eigenvalue weighted by Crippen LogP contribution is 2.51. The Morgan fingerprint density at radius 2 is 1.87 bits per heavy atom. The first-order chi connectivity index (χ1) is 17.9. The van der Waals surface area contributed by atoms with Crippen LogP contribution in [0.4, 0.5) is 0 Å². The summed E-state index contributed by atoms with van der Waals surface area (Å²) >= 11 is 0. The summed E-state index contributed by atoms with van der Waals surface area (Å²) in [4.78, 5) is 78.4. The van der Waals surface area contributed by atoms with Crippen LogP contribution in [0.1, 0.15) is 28.1 Å². The molecule has 2 unspecified atom stereocenters. The van der Waals surface area contributed by atoms with Crippen molar-refractivity contribution in [1.29, 1.82) is 0 Å². The van der Waals surface area contributed by atoms with Crippen molar-refractivity contribution in [3.05, 3.63) is 41.2 Å². The number of benzene rings is 1. The molecule has 2 aromatic rings. The van der Waals surface area contributed by atoms with E-state index in [9.17, 15) is 39.0 Å². The third kappa shape index (κ3) is 3.42. The number of hydrogen-bond acceptors (Lipinski definition) is 10. The highest BCUT2D eigenvalue weighted by Gasteiger charge is 2.69. The van der Waals surface area contributed by atoms with Gasteiger partial charge in [0.25, 0.3) is 0 Å². The number of furan rings is 1. The molecule has 0 saturated heterocycles. The molecule has 11 heteroatoms. The Morgan fingerprint density at radius 3 is 2.50 bits per heavy atom. The number of hydrogen-bond donors (Lipinski definition) is 3. The van der Waals surface area contributed by atoms with Crippen LogP contribution in [0.25, 0.3) is 11.3 Å². The fourth-order valence-electron chi connectivity index (χ4n) is 6.55. The summed E-state index contributed by atoms with van der Waals surface area (Å²) in [5, 5.41) is 22.2. The summed E-state index contributed by atoms with van der Waals surface area (Å²) in [6.07, 6.45) is 0.806. The fraction of sp³-hybridized carbons (Fsp3) is 0.407. The predicted molar refractivity (Wildman–Crippen MR) is 129 cm³/mol. The molecule has 1 aromatic carbocycles. The number of nitrogens with two attached hydrogens (primary N) is 1. The first-order valence-electron chi connectivity index (χ1n) is 12.2. The van der Waals surface area contributed by atoms with E-state index in [1.54, 1.807) is 18.2 Å². The molecule has 0 aliphatic heterocycles. The van der Waals surface area contributed by atoms with Gasteiger partial charge in [-0.2, -0.15) is 0 Å². The van der Waals surface area contributed by atoms with Gasteiger partial charge in [-0.1, -0.05) is 0 Å². The highest BCUT2D eigenvalue weighted by molar-refractivity contribution is 6.32. The van der Waals surface area contributed by atoms with Crippen molar-refractivity contribution in [3.8, 4) is 17.1 Å². The second-order valence-electron chi connectivity index (χ2n) is 10.4. The number of rotatable bonds is 5. The molecule has 4 N–H and O–H groups in total. The lowest BCUT2D eigenvalue weighted by Gasteiger charge is -2.52. The average molecular weight is 523 g/mol. The second-order valence-corrected chi connectivity index (χ2v) is 10.4. The first-order valence-corrected chi connectivity index (χ1v) is 12.2. The van der Waals surface area contributed by atoms with Crippen LogP contribution in [0.2, 0.25) is 0 Å². The molecule has 0 bridgehead atoms. The van der Waals surface area contributed by atoms with Crippen LogP contribution in [-0.4, -0.2) is 76.2 Å². The van der Waals surface area contributed by atoms with Gasteiger partial charge in [0.05, 0.1) is 23.9 Å². The van der Waals surface area contributed by atoms with Crippen LogP contribution in [-0.2, 0) is 36.8 Å². The molecular weight excluding hydrogens is 496 g/mol. The molecule has 2 fully saturated rings. The molecule has 6 atom stereocenters. The Kier molecular flexibility index (Phi) is 5.96. The molecule has 1 aromatic heterocycles. The summed E-state index contributed by atoms with van der Waals surface area (Å²) in [6, 6.07) is 4.94. The number of carbonyl (C=O) groups excluding carboxylic acids is 6. The number of likely N-dealkylation sites (N-methyl/N-ethyl adjacent to an activating group) is 1. The van der Waals surface area contributed by atoms with Gasteiger partial charge < -0.3 is 25.2 Å². The number of nitrogens with zero attached hydrogens (tertiary/aromatic N) is 1. The lowest BCUT2D eigenvalue weighted by molar-refractivity contribution is -0.181. The van der Waals surface area contributed by atoms with Gasteiger partial charge in [0, 0.05) is 11.5 Å². The van der Waals surface area contributed by atoms with Gasteiger partial charge in [-0.25, -0.2) is 0 Å². The standard InChI is InChI=1S/C27H26N2O9/c1-29(2)21-15-10-11-9-14-13(17-6-3-12(38-17)7-8-30)4-5-16(31)19(14)22(32)18(11)24(34)27(15,37)25(35)20(23(21)33)26(28)36/h3-6,8,11,15,18,20-21,31,37H,7,9-10H2,1-2H3,(H2,28,36)/t11-,15-,18?,20?,21-,27-/m1/s1.